The highest BCUT2D eigenvalue weighted by Crippen LogP contribution is 2.02. The molecule has 0 aromatic heterocycles. The lowest BCUT2D eigenvalue weighted by Gasteiger charge is -2.15. The number of rotatable bonds is 5. The fourth-order valence-electron chi connectivity index (χ4n) is 1.32. The van der Waals surface area contributed by atoms with Gasteiger partial charge in [-0.15, -0.1) is 0 Å². The zero-order valence-corrected chi connectivity index (χ0v) is 10.2. The molecule has 1 aromatic carbocycles. The van der Waals surface area contributed by atoms with Gasteiger partial charge in [0.05, 0.1) is 13.2 Å². The zero-order valence-electron chi connectivity index (χ0n) is 10.2. The van der Waals surface area contributed by atoms with Crippen LogP contribution < -0.4 is 11.1 Å². The molecule has 0 saturated heterocycles. The number of nitrogens with one attached hydrogen (secondary N) is 1. The molecule has 1 rings (SSSR count). The fraction of sp³-hybridized carbons (Fsp3) is 0.154. The maximum atomic E-state index is 11.8. The van der Waals surface area contributed by atoms with E-state index in [2.05, 4.69) is 5.32 Å². The number of imide groups is 1. The second kappa shape index (κ2) is 7.78. The minimum atomic E-state index is -0.728. The van der Waals surface area contributed by atoms with Gasteiger partial charge in [-0.25, -0.2) is 4.79 Å². The molecular weight excluding hydrogens is 246 g/mol. The summed E-state index contributed by atoms with van der Waals surface area (Å²) in [5.41, 5.74) is 5.95. The second-order valence-electron chi connectivity index (χ2n) is 3.50. The molecule has 0 unspecified atom stereocenters. The Morgan fingerprint density at radius 2 is 2.00 bits per heavy atom. The van der Waals surface area contributed by atoms with Crippen LogP contribution in [0.5, 0.6) is 0 Å². The number of hydrogen-bond donors (Lipinski definition) is 2. The summed E-state index contributed by atoms with van der Waals surface area (Å²) in [6, 6.07) is 8.37. The number of urea groups is 1. The number of nitrogens with two attached hydrogens (primary N) is 1. The first-order chi connectivity index (χ1) is 9.19. The maximum absolute atomic E-state index is 11.8. The van der Waals surface area contributed by atoms with Gasteiger partial charge in [0.15, 0.2) is 0 Å². The van der Waals surface area contributed by atoms with Crippen LogP contribution in [-0.2, 0) is 9.59 Å². The van der Waals surface area contributed by atoms with Crippen molar-refractivity contribution in [3.8, 4) is 0 Å². The van der Waals surface area contributed by atoms with E-state index in [1.807, 2.05) is 18.2 Å². The monoisotopic (exact) mass is 260 g/mol. The van der Waals surface area contributed by atoms with Crippen molar-refractivity contribution in [3.05, 3.63) is 42.0 Å². The Morgan fingerprint density at radius 1 is 1.32 bits per heavy atom. The molecule has 1 radical (unpaired) electrons. The third-order valence-corrected chi connectivity index (χ3v) is 2.21. The number of hydrogen-bond acceptors (Lipinski definition) is 4. The summed E-state index contributed by atoms with van der Waals surface area (Å²) in [6.07, 6.45) is 4.27. The average molecular weight is 260 g/mol. The fourth-order valence-corrected chi connectivity index (χ4v) is 1.32. The lowest BCUT2D eigenvalue weighted by Crippen LogP contribution is -2.45. The largest absolute Gasteiger partial charge is 0.325 e. The van der Waals surface area contributed by atoms with Crippen LogP contribution in [0.15, 0.2) is 36.4 Å². The van der Waals surface area contributed by atoms with E-state index in [1.54, 1.807) is 18.2 Å². The van der Waals surface area contributed by atoms with Gasteiger partial charge in [0.2, 0.25) is 6.29 Å². The molecule has 99 valence electrons. The minimum absolute atomic E-state index is 0.121. The van der Waals surface area contributed by atoms with Crippen LogP contribution in [0, 0.1) is 0 Å². The van der Waals surface area contributed by atoms with Crippen LogP contribution in [-0.4, -0.2) is 36.3 Å². The van der Waals surface area contributed by atoms with Crippen molar-refractivity contribution in [2.24, 2.45) is 5.73 Å². The van der Waals surface area contributed by atoms with E-state index >= 15 is 0 Å². The highest BCUT2D eigenvalue weighted by molar-refractivity contribution is 6.03. The number of amides is 3. The second-order valence-corrected chi connectivity index (χ2v) is 3.50. The number of carbonyl (C=O) groups excluding carboxylic acids is 3. The van der Waals surface area contributed by atoms with Gasteiger partial charge in [-0.1, -0.05) is 30.3 Å². The van der Waals surface area contributed by atoms with E-state index < -0.39 is 18.5 Å². The summed E-state index contributed by atoms with van der Waals surface area (Å²) in [5.74, 6) is -0.613. The quantitative estimate of drug-likeness (QED) is 0.587. The SMILES string of the molecule is NCNC(=O)N(C[C]=O)C(=O)/C=C/c1ccccc1. The summed E-state index contributed by atoms with van der Waals surface area (Å²) < 4.78 is 0. The van der Waals surface area contributed by atoms with E-state index in [-0.39, 0.29) is 6.67 Å². The number of carbonyl (C=O) groups is 2. The Morgan fingerprint density at radius 3 is 2.58 bits per heavy atom. The molecule has 0 bridgehead atoms. The molecule has 0 atom stereocenters. The molecule has 0 aliphatic carbocycles. The summed E-state index contributed by atoms with van der Waals surface area (Å²) in [4.78, 5) is 34.3. The molecule has 0 aliphatic rings. The van der Waals surface area contributed by atoms with E-state index in [0.717, 1.165) is 10.5 Å². The van der Waals surface area contributed by atoms with Gasteiger partial charge in [0.25, 0.3) is 5.91 Å². The summed E-state index contributed by atoms with van der Waals surface area (Å²) in [7, 11) is 0. The van der Waals surface area contributed by atoms with Crippen LogP contribution in [0.2, 0.25) is 0 Å². The summed E-state index contributed by atoms with van der Waals surface area (Å²) in [5, 5.41) is 2.24. The lowest BCUT2D eigenvalue weighted by molar-refractivity contribution is -0.122. The summed E-state index contributed by atoms with van der Waals surface area (Å²) in [6.45, 7) is -0.562. The highest BCUT2D eigenvalue weighted by Gasteiger charge is 2.18. The topological polar surface area (TPSA) is 92.5 Å². The van der Waals surface area contributed by atoms with Crippen LogP contribution >= 0.6 is 0 Å². The van der Waals surface area contributed by atoms with E-state index in [1.165, 1.54) is 12.4 Å². The minimum Gasteiger partial charge on any atom is -0.325 e. The lowest BCUT2D eigenvalue weighted by atomic mass is 10.2. The zero-order chi connectivity index (χ0) is 14.1. The van der Waals surface area contributed by atoms with Crippen molar-refractivity contribution < 1.29 is 14.4 Å². The molecule has 1 aromatic rings. The van der Waals surface area contributed by atoms with Crippen molar-refractivity contribution in [1.29, 1.82) is 0 Å². The molecule has 6 nitrogen and oxygen atoms in total. The molecule has 19 heavy (non-hydrogen) atoms. The highest BCUT2D eigenvalue weighted by atomic mass is 16.2. The molecule has 0 aliphatic heterocycles. The van der Waals surface area contributed by atoms with Crippen LogP contribution in [0.1, 0.15) is 5.56 Å². The predicted molar refractivity (Wildman–Crippen MR) is 70.5 cm³/mol. The Balaban J connectivity index is 2.74. The van der Waals surface area contributed by atoms with E-state index in [9.17, 15) is 14.4 Å². The van der Waals surface area contributed by atoms with E-state index in [4.69, 9.17) is 5.73 Å². The normalized spacial score (nSPS) is 10.2. The first-order valence-electron chi connectivity index (χ1n) is 5.56. The molecular formula is C13H14N3O3. The Labute approximate surface area is 110 Å². The first kappa shape index (κ1) is 14.6. The van der Waals surface area contributed by atoms with Gasteiger partial charge in [-0.3, -0.25) is 14.5 Å². The van der Waals surface area contributed by atoms with Crippen LogP contribution in [0.3, 0.4) is 0 Å². The third kappa shape index (κ3) is 4.72. The van der Waals surface area contributed by atoms with Gasteiger partial charge < -0.3 is 11.1 Å². The number of benzene rings is 1. The smallest absolute Gasteiger partial charge is 0.325 e. The Bertz CT molecular complexity index is 471. The van der Waals surface area contributed by atoms with Gasteiger partial charge in [-0.05, 0) is 11.6 Å². The average Bonchev–Trinajstić information content (AvgIpc) is 2.43. The molecule has 0 spiro atoms. The van der Waals surface area contributed by atoms with Crippen LogP contribution in [0.4, 0.5) is 4.79 Å². The molecule has 0 saturated carbocycles. The van der Waals surface area contributed by atoms with Crippen molar-refractivity contribution in [2.75, 3.05) is 13.2 Å². The molecule has 3 amide bonds. The van der Waals surface area contributed by atoms with Crippen molar-refractivity contribution >= 4 is 24.3 Å². The van der Waals surface area contributed by atoms with Gasteiger partial charge in [-0.2, -0.15) is 0 Å². The Kier molecular flexibility index (Phi) is 5.97. The predicted octanol–water partition coefficient (Wildman–Crippen LogP) is 0.264. The van der Waals surface area contributed by atoms with Crippen molar-refractivity contribution in [1.82, 2.24) is 10.2 Å². The third-order valence-electron chi connectivity index (χ3n) is 2.21. The van der Waals surface area contributed by atoms with Gasteiger partial charge in [0, 0.05) is 6.08 Å². The van der Waals surface area contributed by atoms with Crippen LogP contribution in [0.25, 0.3) is 6.08 Å². The van der Waals surface area contributed by atoms with Crippen molar-refractivity contribution in [3.63, 3.8) is 0 Å². The molecule has 0 fully saturated rings. The standard InChI is InChI=1S/C13H14N3O3/c14-10-15-13(19)16(8-9-17)12(18)7-6-11-4-2-1-3-5-11/h1-7H,8,10,14H2,(H,15,19)/b7-6+. The van der Waals surface area contributed by atoms with Gasteiger partial charge in [0.1, 0.15) is 0 Å². The Hall–Kier alpha value is -2.47. The maximum Gasteiger partial charge on any atom is 0.325 e. The summed E-state index contributed by atoms with van der Waals surface area (Å²) >= 11 is 0. The molecule has 3 N–H and O–H groups in total. The number of nitrogens with zero attached hydrogens (tertiary/aromatic N) is 1. The van der Waals surface area contributed by atoms with E-state index in [0.29, 0.717) is 0 Å². The van der Waals surface area contributed by atoms with Crippen molar-refractivity contribution in [2.45, 2.75) is 0 Å². The van der Waals surface area contributed by atoms with Gasteiger partial charge >= 0.3 is 6.03 Å². The first-order valence-corrected chi connectivity index (χ1v) is 5.56. The molecule has 6 heteroatoms. The molecule has 0 heterocycles.